The molecule has 1 aromatic rings. The second-order valence-corrected chi connectivity index (χ2v) is 5.63. The summed E-state index contributed by atoms with van der Waals surface area (Å²) < 4.78 is 1.08. The standard InChI is InChI=1S/C12H17BrO/c1-12(2,3)11(14)8-9-4-6-10(13)7-5-9/h4-7,11,14H,8H2,1-3H3. The van der Waals surface area contributed by atoms with Crippen LogP contribution in [-0.2, 0) is 6.42 Å². The molecule has 1 rings (SSSR count). The Balaban J connectivity index is 2.65. The summed E-state index contributed by atoms with van der Waals surface area (Å²) in [5.41, 5.74) is 1.13. The van der Waals surface area contributed by atoms with Gasteiger partial charge in [0.25, 0.3) is 0 Å². The van der Waals surface area contributed by atoms with Gasteiger partial charge in [-0.1, -0.05) is 48.8 Å². The number of hydrogen-bond acceptors (Lipinski definition) is 1. The van der Waals surface area contributed by atoms with Crippen molar-refractivity contribution in [1.29, 1.82) is 0 Å². The number of aliphatic hydroxyl groups is 1. The van der Waals surface area contributed by atoms with E-state index in [1.165, 1.54) is 5.56 Å². The van der Waals surface area contributed by atoms with Crippen molar-refractivity contribution >= 4 is 15.9 Å². The van der Waals surface area contributed by atoms with Crippen LogP contribution in [0.5, 0.6) is 0 Å². The van der Waals surface area contributed by atoms with Crippen molar-refractivity contribution in [2.45, 2.75) is 33.3 Å². The molecule has 0 saturated carbocycles. The van der Waals surface area contributed by atoms with Gasteiger partial charge in [0.1, 0.15) is 0 Å². The minimum Gasteiger partial charge on any atom is -0.392 e. The molecular weight excluding hydrogens is 240 g/mol. The normalized spacial score (nSPS) is 14.1. The summed E-state index contributed by atoms with van der Waals surface area (Å²) in [6.45, 7) is 6.16. The molecule has 1 nitrogen and oxygen atoms in total. The van der Waals surface area contributed by atoms with Gasteiger partial charge in [-0.05, 0) is 29.5 Å². The van der Waals surface area contributed by atoms with Crippen LogP contribution >= 0.6 is 15.9 Å². The fourth-order valence-corrected chi connectivity index (χ4v) is 1.41. The summed E-state index contributed by atoms with van der Waals surface area (Å²) in [5, 5.41) is 9.90. The minimum atomic E-state index is -0.288. The Bertz CT molecular complexity index is 284. The minimum absolute atomic E-state index is 0.0485. The van der Waals surface area contributed by atoms with Gasteiger partial charge in [-0.15, -0.1) is 0 Å². The Morgan fingerprint density at radius 1 is 1.21 bits per heavy atom. The third kappa shape index (κ3) is 3.43. The van der Waals surface area contributed by atoms with E-state index in [0.29, 0.717) is 0 Å². The van der Waals surface area contributed by atoms with E-state index in [1.807, 2.05) is 24.3 Å². The van der Waals surface area contributed by atoms with Gasteiger partial charge in [-0.2, -0.15) is 0 Å². The summed E-state index contributed by atoms with van der Waals surface area (Å²) in [6, 6.07) is 8.09. The molecule has 0 fully saturated rings. The van der Waals surface area contributed by atoms with Crippen molar-refractivity contribution in [3.63, 3.8) is 0 Å². The lowest BCUT2D eigenvalue weighted by Crippen LogP contribution is -2.27. The maximum Gasteiger partial charge on any atom is 0.0628 e. The van der Waals surface area contributed by atoms with Crippen LogP contribution in [0.4, 0.5) is 0 Å². The smallest absolute Gasteiger partial charge is 0.0628 e. The lowest BCUT2D eigenvalue weighted by Gasteiger charge is -2.25. The van der Waals surface area contributed by atoms with Gasteiger partial charge in [-0.3, -0.25) is 0 Å². The van der Waals surface area contributed by atoms with E-state index in [-0.39, 0.29) is 11.5 Å². The highest BCUT2D eigenvalue weighted by Gasteiger charge is 2.21. The summed E-state index contributed by atoms with van der Waals surface area (Å²) in [5.74, 6) is 0. The largest absolute Gasteiger partial charge is 0.392 e. The van der Waals surface area contributed by atoms with Gasteiger partial charge in [0, 0.05) is 4.47 Å². The van der Waals surface area contributed by atoms with E-state index in [9.17, 15) is 5.11 Å². The van der Waals surface area contributed by atoms with Crippen LogP contribution in [0.2, 0.25) is 0 Å². The number of hydrogen-bond donors (Lipinski definition) is 1. The van der Waals surface area contributed by atoms with Crippen molar-refractivity contribution in [2.24, 2.45) is 5.41 Å². The highest BCUT2D eigenvalue weighted by molar-refractivity contribution is 9.10. The van der Waals surface area contributed by atoms with E-state index in [0.717, 1.165) is 10.9 Å². The SMILES string of the molecule is CC(C)(C)C(O)Cc1ccc(Br)cc1. The third-order valence-electron chi connectivity index (χ3n) is 2.34. The van der Waals surface area contributed by atoms with Crippen LogP contribution in [0.3, 0.4) is 0 Å². The third-order valence-corrected chi connectivity index (χ3v) is 2.87. The lowest BCUT2D eigenvalue weighted by molar-refractivity contribution is 0.0636. The quantitative estimate of drug-likeness (QED) is 0.860. The average molecular weight is 257 g/mol. The summed E-state index contributed by atoms with van der Waals surface area (Å²) >= 11 is 3.39. The molecule has 14 heavy (non-hydrogen) atoms. The van der Waals surface area contributed by atoms with Crippen molar-refractivity contribution in [3.8, 4) is 0 Å². The molecule has 2 heteroatoms. The molecule has 0 aliphatic heterocycles. The molecule has 0 heterocycles. The van der Waals surface area contributed by atoms with Crippen molar-refractivity contribution in [2.75, 3.05) is 0 Å². The van der Waals surface area contributed by atoms with E-state index < -0.39 is 0 Å². The Labute approximate surface area is 94.3 Å². The summed E-state index contributed by atoms with van der Waals surface area (Å²) in [6.07, 6.45) is 0.431. The molecule has 0 aromatic heterocycles. The maximum atomic E-state index is 9.90. The second kappa shape index (κ2) is 4.45. The van der Waals surface area contributed by atoms with Crippen molar-refractivity contribution < 1.29 is 5.11 Å². The Hall–Kier alpha value is -0.340. The highest BCUT2D eigenvalue weighted by atomic mass is 79.9. The molecule has 0 aliphatic rings. The van der Waals surface area contributed by atoms with Gasteiger partial charge in [0.05, 0.1) is 6.10 Å². The Morgan fingerprint density at radius 3 is 2.14 bits per heavy atom. The lowest BCUT2D eigenvalue weighted by atomic mass is 9.85. The maximum absolute atomic E-state index is 9.90. The van der Waals surface area contributed by atoms with Gasteiger partial charge in [0.15, 0.2) is 0 Å². The topological polar surface area (TPSA) is 20.2 Å². The molecular formula is C12H17BrO. The molecule has 78 valence electrons. The second-order valence-electron chi connectivity index (χ2n) is 4.71. The first kappa shape index (κ1) is 11.7. The van der Waals surface area contributed by atoms with E-state index in [1.54, 1.807) is 0 Å². The first-order chi connectivity index (χ1) is 6.39. The molecule has 0 radical (unpaired) electrons. The van der Waals surface area contributed by atoms with Crippen LogP contribution < -0.4 is 0 Å². The molecule has 0 aliphatic carbocycles. The van der Waals surface area contributed by atoms with Gasteiger partial charge < -0.3 is 5.11 Å². The molecule has 1 atom stereocenters. The van der Waals surface area contributed by atoms with E-state index in [2.05, 4.69) is 36.7 Å². The highest BCUT2D eigenvalue weighted by Crippen LogP contribution is 2.22. The molecule has 1 N–H and O–H groups in total. The van der Waals surface area contributed by atoms with Crippen LogP contribution in [0, 0.1) is 5.41 Å². The molecule has 0 spiro atoms. The molecule has 0 amide bonds. The number of benzene rings is 1. The zero-order chi connectivity index (χ0) is 10.8. The van der Waals surface area contributed by atoms with Crippen LogP contribution in [0.25, 0.3) is 0 Å². The first-order valence-electron chi connectivity index (χ1n) is 4.82. The predicted molar refractivity (Wildman–Crippen MR) is 63.3 cm³/mol. The molecule has 1 aromatic carbocycles. The summed E-state index contributed by atoms with van der Waals surface area (Å²) in [7, 11) is 0. The molecule has 1 unspecified atom stereocenters. The van der Waals surface area contributed by atoms with Crippen LogP contribution in [0.1, 0.15) is 26.3 Å². The number of rotatable bonds is 2. The fraction of sp³-hybridized carbons (Fsp3) is 0.500. The van der Waals surface area contributed by atoms with E-state index in [4.69, 9.17) is 0 Å². The van der Waals surface area contributed by atoms with Gasteiger partial charge in [0.2, 0.25) is 0 Å². The number of halogens is 1. The Morgan fingerprint density at radius 2 is 1.71 bits per heavy atom. The van der Waals surface area contributed by atoms with Crippen molar-refractivity contribution in [3.05, 3.63) is 34.3 Å². The van der Waals surface area contributed by atoms with Crippen LogP contribution in [-0.4, -0.2) is 11.2 Å². The first-order valence-corrected chi connectivity index (χ1v) is 5.61. The van der Waals surface area contributed by atoms with Gasteiger partial charge in [-0.25, -0.2) is 0 Å². The van der Waals surface area contributed by atoms with Crippen LogP contribution in [0.15, 0.2) is 28.7 Å². The summed E-state index contributed by atoms with van der Waals surface area (Å²) in [4.78, 5) is 0. The molecule has 0 bridgehead atoms. The Kier molecular flexibility index (Phi) is 3.73. The number of aliphatic hydroxyl groups excluding tert-OH is 1. The predicted octanol–water partition coefficient (Wildman–Crippen LogP) is 3.40. The fourth-order valence-electron chi connectivity index (χ4n) is 1.15. The molecule has 0 saturated heterocycles. The zero-order valence-corrected chi connectivity index (χ0v) is 10.5. The van der Waals surface area contributed by atoms with Gasteiger partial charge >= 0.3 is 0 Å². The monoisotopic (exact) mass is 256 g/mol. The van der Waals surface area contributed by atoms with Crippen molar-refractivity contribution in [1.82, 2.24) is 0 Å². The zero-order valence-electron chi connectivity index (χ0n) is 8.92. The average Bonchev–Trinajstić information content (AvgIpc) is 2.07. The van der Waals surface area contributed by atoms with E-state index >= 15 is 0 Å².